The Hall–Kier alpha value is -1.39. The van der Waals surface area contributed by atoms with Gasteiger partial charge in [0.05, 0.1) is 21.8 Å². The maximum absolute atomic E-state index is 6.04. The maximum Gasteiger partial charge on any atom is 0.161 e. The molecule has 0 aliphatic rings. The number of hydrogen-bond donors (Lipinski definition) is 1. The molecular weight excluding hydrogens is 354 g/mol. The number of ether oxygens (including phenoxy) is 2. The summed E-state index contributed by atoms with van der Waals surface area (Å²) in [5.74, 6) is 1.52. The van der Waals surface area contributed by atoms with Crippen molar-refractivity contribution in [1.29, 1.82) is 0 Å². The normalized spacial score (nSPS) is 10.2. The van der Waals surface area contributed by atoms with Crippen LogP contribution in [0.2, 0.25) is 5.02 Å². The van der Waals surface area contributed by atoms with Gasteiger partial charge in [0.1, 0.15) is 6.61 Å². The number of benzene rings is 2. The molecule has 0 aromatic heterocycles. The molecule has 2 aromatic carbocycles. The Morgan fingerprint density at radius 1 is 1.05 bits per heavy atom. The van der Waals surface area contributed by atoms with Crippen LogP contribution < -0.4 is 14.8 Å². The van der Waals surface area contributed by atoms with E-state index < -0.39 is 0 Å². The molecule has 0 aliphatic heterocycles. The van der Waals surface area contributed by atoms with Gasteiger partial charge in [-0.3, -0.25) is 0 Å². The summed E-state index contributed by atoms with van der Waals surface area (Å²) in [6.07, 6.45) is 0. The van der Waals surface area contributed by atoms with Crippen molar-refractivity contribution in [1.82, 2.24) is 0 Å². The molecular formula is C16H17BrClNO2. The van der Waals surface area contributed by atoms with Crippen molar-refractivity contribution in [3.63, 3.8) is 0 Å². The molecule has 2 aromatic rings. The lowest BCUT2D eigenvalue weighted by atomic mass is 10.3. The number of rotatable bonds is 7. The van der Waals surface area contributed by atoms with Crippen molar-refractivity contribution in [2.75, 3.05) is 25.1 Å². The van der Waals surface area contributed by atoms with Crippen molar-refractivity contribution in [3.8, 4) is 11.5 Å². The zero-order valence-corrected chi connectivity index (χ0v) is 14.1. The third kappa shape index (κ3) is 4.55. The Labute approximate surface area is 138 Å². The minimum Gasteiger partial charge on any atom is -0.490 e. The lowest BCUT2D eigenvalue weighted by Gasteiger charge is -2.13. The Morgan fingerprint density at radius 2 is 1.76 bits per heavy atom. The van der Waals surface area contributed by atoms with Crippen LogP contribution in [0.25, 0.3) is 0 Å². The first-order valence-electron chi connectivity index (χ1n) is 6.75. The first kappa shape index (κ1) is 16.0. The molecule has 0 saturated carbocycles. The van der Waals surface area contributed by atoms with Gasteiger partial charge in [-0.25, -0.2) is 0 Å². The van der Waals surface area contributed by atoms with Crippen molar-refractivity contribution < 1.29 is 9.47 Å². The van der Waals surface area contributed by atoms with Crippen LogP contribution >= 0.6 is 27.5 Å². The molecule has 0 bridgehead atoms. The van der Waals surface area contributed by atoms with E-state index in [1.54, 1.807) is 0 Å². The molecule has 0 spiro atoms. The number of nitrogens with one attached hydrogen (secondary N) is 1. The van der Waals surface area contributed by atoms with Gasteiger partial charge >= 0.3 is 0 Å². The minimum absolute atomic E-state index is 0.531. The molecule has 0 amide bonds. The Balaban J connectivity index is 1.86. The molecule has 112 valence electrons. The molecule has 5 heteroatoms. The fourth-order valence-corrected chi connectivity index (χ4v) is 2.41. The van der Waals surface area contributed by atoms with Crippen LogP contribution in [0.4, 0.5) is 5.69 Å². The average molecular weight is 371 g/mol. The largest absolute Gasteiger partial charge is 0.490 e. The second-order valence-electron chi connectivity index (χ2n) is 4.26. The molecule has 21 heavy (non-hydrogen) atoms. The van der Waals surface area contributed by atoms with Gasteiger partial charge in [-0.15, -0.1) is 0 Å². The third-order valence-corrected chi connectivity index (χ3v) is 4.17. The van der Waals surface area contributed by atoms with E-state index >= 15 is 0 Å². The summed E-state index contributed by atoms with van der Waals surface area (Å²) in [5, 5.41) is 3.96. The van der Waals surface area contributed by atoms with Crippen LogP contribution in [0.1, 0.15) is 6.92 Å². The van der Waals surface area contributed by atoms with E-state index in [2.05, 4.69) is 21.2 Å². The van der Waals surface area contributed by atoms with E-state index in [-0.39, 0.29) is 0 Å². The number of hydrogen-bond acceptors (Lipinski definition) is 3. The van der Waals surface area contributed by atoms with Crippen molar-refractivity contribution >= 4 is 33.2 Å². The molecule has 1 N–H and O–H groups in total. The lowest BCUT2D eigenvalue weighted by molar-refractivity contribution is 0.284. The SMILES string of the molecule is CCOc1ccccc1OCCNc1cccc(Cl)c1Br. The van der Waals surface area contributed by atoms with Crippen molar-refractivity contribution in [2.24, 2.45) is 0 Å². The van der Waals surface area contributed by atoms with Crippen LogP contribution in [-0.2, 0) is 0 Å². The summed E-state index contributed by atoms with van der Waals surface area (Å²) in [5.41, 5.74) is 0.948. The highest BCUT2D eigenvalue weighted by molar-refractivity contribution is 9.10. The van der Waals surface area contributed by atoms with E-state index in [4.69, 9.17) is 21.1 Å². The number of para-hydroxylation sites is 2. The number of halogens is 2. The minimum atomic E-state index is 0.531. The molecule has 0 heterocycles. The molecule has 0 aliphatic carbocycles. The lowest BCUT2D eigenvalue weighted by Crippen LogP contribution is -2.12. The summed E-state index contributed by atoms with van der Waals surface area (Å²) in [7, 11) is 0. The summed E-state index contributed by atoms with van der Waals surface area (Å²) in [4.78, 5) is 0. The average Bonchev–Trinajstić information content (AvgIpc) is 2.49. The molecule has 3 nitrogen and oxygen atoms in total. The number of anilines is 1. The standard InChI is InChI=1S/C16H17BrClNO2/c1-2-20-14-8-3-4-9-15(14)21-11-10-19-13-7-5-6-12(18)16(13)17/h3-9,19H,2,10-11H2,1H3. The van der Waals surface area contributed by atoms with Gasteiger partial charge in [-0.2, -0.15) is 0 Å². The quantitative estimate of drug-likeness (QED) is 0.696. The second kappa shape index (κ2) is 8.15. The van der Waals surface area contributed by atoms with E-state index in [1.807, 2.05) is 49.4 Å². The van der Waals surface area contributed by atoms with Gasteiger partial charge in [0.25, 0.3) is 0 Å². The highest BCUT2D eigenvalue weighted by Crippen LogP contribution is 2.30. The zero-order valence-electron chi connectivity index (χ0n) is 11.7. The molecule has 0 atom stereocenters. The van der Waals surface area contributed by atoms with Crippen LogP contribution in [-0.4, -0.2) is 19.8 Å². The summed E-state index contributed by atoms with van der Waals surface area (Å²) < 4.78 is 12.1. The van der Waals surface area contributed by atoms with Gasteiger partial charge in [0.2, 0.25) is 0 Å². The predicted octanol–water partition coefficient (Wildman–Crippen LogP) is 4.99. The summed E-state index contributed by atoms with van der Waals surface area (Å²) in [6.45, 7) is 3.77. The van der Waals surface area contributed by atoms with Gasteiger partial charge in [0, 0.05) is 6.54 Å². The summed E-state index contributed by atoms with van der Waals surface area (Å²) >= 11 is 9.50. The molecule has 2 rings (SSSR count). The highest BCUT2D eigenvalue weighted by atomic mass is 79.9. The molecule has 0 radical (unpaired) electrons. The Kier molecular flexibility index (Phi) is 6.21. The first-order valence-corrected chi connectivity index (χ1v) is 7.92. The van der Waals surface area contributed by atoms with Gasteiger partial charge in [0.15, 0.2) is 11.5 Å². The van der Waals surface area contributed by atoms with E-state index in [0.29, 0.717) is 24.8 Å². The fourth-order valence-electron chi connectivity index (χ4n) is 1.83. The first-order chi connectivity index (χ1) is 10.2. The molecule has 0 fully saturated rings. The Bertz CT molecular complexity index is 592. The van der Waals surface area contributed by atoms with E-state index in [1.165, 1.54) is 0 Å². The third-order valence-electron chi connectivity index (χ3n) is 2.78. The Morgan fingerprint density at radius 3 is 2.48 bits per heavy atom. The van der Waals surface area contributed by atoms with Crippen LogP contribution in [0.3, 0.4) is 0 Å². The van der Waals surface area contributed by atoms with Crippen LogP contribution in [0.15, 0.2) is 46.9 Å². The molecule has 0 saturated heterocycles. The van der Waals surface area contributed by atoms with Gasteiger partial charge in [-0.1, -0.05) is 29.8 Å². The van der Waals surface area contributed by atoms with E-state index in [0.717, 1.165) is 21.7 Å². The second-order valence-corrected chi connectivity index (χ2v) is 5.46. The predicted molar refractivity (Wildman–Crippen MR) is 90.7 cm³/mol. The maximum atomic E-state index is 6.04. The van der Waals surface area contributed by atoms with Gasteiger partial charge in [-0.05, 0) is 47.1 Å². The molecule has 0 unspecified atom stereocenters. The summed E-state index contributed by atoms with van der Waals surface area (Å²) in [6, 6.07) is 13.4. The smallest absolute Gasteiger partial charge is 0.161 e. The van der Waals surface area contributed by atoms with Crippen LogP contribution in [0.5, 0.6) is 11.5 Å². The van der Waals surface area contributed by atoms with Crippen LogP contribution in [0, 0.1) is 0 Å². The van der Waals surface area contributed by atoms with Gasteiger partial charge < -0.3 is 14.8 Å². The van der Waals surface area contributed by atoms with Crippen molar-refractivity contribution in [3.05, 3.63) is 52.0 Å². The van der Waals surface area contributed by atoms with E-state index in [9.17, 15) is 0 Å². The topological polar surface area (TPSA) is 30.5 Å². The fraction of sp³-hybridized carbons (Fsp3) is 0.250. The zero-order chi connectivity index (χ0) is 15.1. The monoisotopic (exact) mass is 369 g/mol. The highest BCUT2D eigenvalue weighted by Gasteiger charge is 2.05. The van der Waals surface area contributed by atoms with Crippen molar-refractivity contribution in [2.45, 2.75) is 6.92 Å².